The zero-order valence-corrected chi connectivity index (χ0v) is 13.1. The van der Waals surface area contributed by atoms with Gasteiger partial charge in [-0.1, -0.05) is 0 Å². The number of nitrogens with zero attached hydrogens (tertiary/aromatic N) is 1. The van der Waals surface area contributed by atoms with Crippen LogP contribution in [-0.4, -0.2) is 18.6 Å². The van der Waals surface area contributed by atoms with E-state index in [2.05, 4.69) is 57.0 Å². The normalized spacial score (nSPS) is 16.6. The van der Waals surface area contributed by atoms with E-state index in [1.807, 2.05) is 0 Å². The molecular formula is C17H28N2. The molecular weight excluding hydrogens is 232 g/mol. The molecule has 0 unspecified atom stereocenters. The van der Waals surface area contributed by atoms with Crippen LogP contribution in [0.15, 0.2) is 12.1 Å². The first-order chi connectivity index (χ1) is 8.87. The van der Waals surface area contributed by atoms with Gasteiger partial charge in [0.25, 0.3) is 0 Å². The third-order valence-electron chi connectivity index (χ3n) is 3.75. The SMILES string of the molecule is Cc1cc(N2CCCCC2)c(C)cc1NC(C)(C)C. The minimum atomic E-state index is 0.115. The van der Waals surface area contributed by atoms with Crippen LogP contribution in [0, 0.1) is 13.8 Å². The summed E-state index contributed by atoms with van der Waals surface area (Å²) in [5.41, 5.74) is 5.55. The minimum Gasteiger partial charge on any atom is -0.380 e. The van der Waals surface area contributed by atoms with Gasteiger partial charge in [0.1, 0.15) is 0 Å². The summed E-state index contributed by atoms with van der Waals surface area (Å²) in [6.07, 6.45) is 4.05. The molecule has 2 nitrogen and oxygen atoms in total. The maximum atomic E-state index is 3.60. The summed E-state index contributed by atoms with van der Waals surface area (Å²) in [4.78, 5) is 2.55. The molecule has 0 aliphatic carbocycles. The molecule has 0 radical (unpaired) electrons. The zero-order valence-electron chi connectivity index (χ0n) is 13.1. The Labute approximate surface area is 118 Å². The van der Waals surface area contributed by atoms with Gasteiger partial charge in [-0.05, 0) is 77.1 Å². The topological polar surface area (TPSA) is 15.3 Å². The molecule has 1 aromatic carbocycles. The molecule has 19 heavy (non-hydrogen) atoms. The molecule has 1 aliphatic heterocycles. The van der Waals surface area contributed by atoms with Crippen LogP contribution in [0.1, 0.15) is 51.2 Å². The molecule has 1 aliphatic rings. The quantitative estimate of drug-likeness (QED) is 0.842. The molecule has 0 amide bonds. The number of hydrogen-bond acceptors (Lipinski definition) is 2. The Balaban J connectivity index is 2.25. The number of hydrogen-bond donors (Lipinski definition) is 1. The summed E-state index contributed by atoms with van der Waals surface area (Å²) in [6.45, 7) is 13.5. The number of anilines is 2. The van der Waals surface area contributed by atoms with Crippen LogP contribution in [0.2, 0.25) is 0 Å². The number of piperidine rings is 1. The molecule has 2 rings (SSSR count). The fourth-order valence-electron chi connectivity index (χ4n) is 2.82. The van der Waals surface area contributed by atoms with Crippen LogP contribution < -0.4 is 10.2 Å². The lowest BCUT2D eigenvalue weighted by Crippen LogP contribution is -2.30. The molecule has 1 saturated heterocycles. The minimum absolute atomic E-state index is 0.115. The van der Waals surface area contributed by atoms with E-state index in [1.54, 1.807) is 0 Å². The Bertz CT molecular complexity index is 437. The van der Waals surface area contributed by atoms with Crippen molar-refractivity contribution in [1.82, 2.24) is 0 Å². The fraction of sp³-hybridized carbons (Fsp3) is 0.647. The molecule has 0 atom stereocenters. The van der Waals surface area contributed by atoms with Gasteiger partial charge in [-0.15, -0.1) is 0 Å². The molecule has 0 spiro atoms. The first-order valence-electron chi connectivity index (χ1n) is 7.51. The molecule has 0 bridgehead atoms. The predicted molar refractivity (Wildman–Crippen MR) is 85.4 cm³/mol. The second-order valence-corrected chi connectivity index (χ2v) is 6.88. The molecule has 1 aromatic rings. The van der Waals surface area contributed by atoms with Crippen molar-refractivity contribution in [1.29, 1.82) is 0 Å². The first-order valence-corrected chi connectivity index (χ1v) is 7.51. The van der Waals surface area contributed by atoms with Gasteiger partial charge in [-0.25, -0.2) is 0 Å². The van der Waals surface area contributed by atoms with E-state index in [4.69, 9.17) is 0 Å². The summed E-state index contributed by atoms with van der Waals surface area (Å²) in [6, 6.07) is 4.67. The molecule has 0 saturated carbocycles. The van der Waals surface area contributed by atoms with E-state index in [0.29, 0.717) is 0 Å². The van der Waals surface area contributed by atoms with Gasteiger partial charge in [0, 0.05) is 30.0 Å². The zero-order chi connectivity index (χ0) is 14.0. The monoisotopic (exact) mass is 260 g/mol. The molecule has 0 aromatic heterocycles. The molecule has 1 fully saturated rings. The van der Waals surface area contributed by atoms with E-state index < -0.39 is 0 Å². The maximum absolute atomic E-state index is 3.60. The largest absolute Gasteiger partial charge is 0.380 e. The van der Waals surface area contributed by atoms with Gasteiger partial charge in [0.2, 0.25) is 0 Å². The summed E-state index contributed by atoms with van der Waals surface area (Å²) in [5, 5.41) is 3.60. The Morgan fingerprint density at radius 1 is 0.947 bits per heavy atom. The van der Waals surface area contributed by atoms with Gasteiger partial charge in [-0.3, -0.25) is 0 Å². The fourth-order valence-corrected chi connectivity index (χ4v) is 2.82. The van der Waals surface area contributed by atoms with Crippen LogP contribution in [0.25, 0.3) is 0 Å². The van der Waals surface area contributed by atoms with E-state index in [-0.39, 0.29) is 5.54 Å². The standard InChI is InChI=1S/C17H28N2/c1-13-12-16(19-9-7-6-8-10-19)14(2)11-15(13)18-17(3,4)5/h11-12,18H,6-10H2,1-5H3. The smallest absolute Gasteiger partial charge is 0.0400 e. The van der Waals surface area contributed by atoms with E-state index in [0.717, 1.165) is 0 Å². The molecule has 1 N–H and O–H groups in total. The molecule has 2 heteroatoms. The highest BCUT2D eigenvalue weighted by atomic mass is 15.1. The van der Waals surface area contributed by atoms with Gasteiger partial charge >= 0.3 is 0 Å². The predicted octanol–water partition coefficient (Wildman–Crippen LogP) is 4.50. The van der Waals surface area contributed by atoms with Crippen molar-refractivity contribution in [2.75, 3.05) is 23.3 Å². The molecule has 106 valence electrons. The van der Waals surface area contributed by atoms with Crippen molar-refractivity contribution in [3.8, 4) is 0 Å². The lowest BCUT2D eigenvalue weighted by molar-refractivity contribution is 0.577. The Hall–Kier alpha value is -1.18. The summed E-state index contributed by atoms with van der Waals surface area (Å²) in [5.74, 6) is 0. The van der Waals surface area contributed by atoms with Crippen LogP contribution in [0.3, 0.4) is 0 Å². The number of rotatable bonds is 2. The van der Waals surface area contributed by atoms with Crippen LogP contribution in [-0.2, 0) is 0 Å². The van der Waals surface area contributed by atoms with Crippen molar-refractivity contribution < 1.29 is 0 Å². The number of benzene rings is 1. The van der Waals surface area contributed by atoms with Crippen molar-refractivity contribution >= 4 is 11.4 Å². The first kappa shape index (κ1) is 14.2. The lowest BCUT2D eigenvalue weighted by atomic mass is 10.0. The summed E-state index contributed by atoms with van der Waals surface area (Å²) >= 11 is 0. The average Bonchev–Trinajstić information content (AvgIpc) is 2.33. The highest BCUT2D eigenvalue weighted by Crippen LogP contribution is 2.30. The summed E-state index contributed by atoms with van der Waals surface area (Å²) in [7, 11) is 0. The van der Waals surface area contributed by atoms with Crippen LogP contribution in [0.5, 0.6) is 0 Å². The lowest BCUT2D eigenvalue weighted by Gasteiger charge is -2.31. The van der Waals surface area contributed by atoms with Crippen molar-refractivity contribution in [3.63, 3.8) is 0 Å². The van der Waals surface area contributed by atoms with E-state index in [1.165, 1.54) is 54.9 Å². The van der Waals surface area contributed by atoms with Crippen molar-refractivity contribution in [2.45, 2.75) is 59.4 Å². The van der Waals surface area contributed by atoms with Crippen molar-refractivity contribution in [2.24, 2.45) is 0 Å². The third kappa shape index (κ3) is 3.65. The number of aryl methyl sites for hydroxylation is 2. The maximum Gasteiger partial charge on any atom is 0.0400 e. The van der Waals surface area contributed by atoms with Crippen LogP contribution >= 0.6 is 0 Å². The second kappa shape index (κ2) is 5.44. The average molecular weight is 260 g/mol. The molecule has 1 heterocycles. The van der Waals surface area contributed by atoms with Crippen molar-refractivity contribution in [3.05, 3.63) is 23.3 Å². The highest BCUT2D eigenvalue weighted by Gasteiger charge is 2.16. The van der Waals surface area contributed by atoms with E-state index in [9.17, 15) is 0 Å². The Morgan fingerprint density at radius 2 is 1.58 bits per heavy atom. The van der Waals surface area contributed by atoms with Gasteiger partial charge in [0.15, 0.2) is 0 Å². The third-order valence-corrected chi connectivity index (χ3v) is 3.75. The van der Waals surface area contributed by atoms with Crippen LogP contribution in [0.4, 0.5) is 11.4 Å². The van der Waals surface area contributed by atoms with E-state index >= 15 is 0 Å². The Kier molecular flexibility index (Phi) is 4.07. The highest BCUT2D eigenvalue weighted by molar-refractivity contribution is 5.65. The summed E-state index contributed by atoms with van der Waals surface area (Å²) < 4.78 is 0. The van der Waals surface area contributed by atoms with Gasteiger partial charge in [0.05, 0.1) is 0 Å². The van der Waals surface area contributed by atoms with Gasteiger partial charge in [-0.2, -0.15) is 0 Å². The number of nitrogens with one attached hydrogen (secondary N) is 1. The second-order valence-electron chi connectivity index (χ2n) is 6.88. The Morgan fingerprint density at radius 3 is 2.16 bits per heavy atom. The van der Waals surface area contributed by atoms with Gasteiger partial charge < -0.3 is 10.2 Å².